The van der Waals surface area contributed by atoms with E-state index in [1.54, 1.807) is 0 Å². The Kier molecular flexibility index (Phi) is 1.80. The van der Waals surface area contributed by atoms with Gasteiger partial charge in [-0.15, -0.1) is 0 Å². The summed E-state index contributed by atoms with van der Waals surface area (Å²) < 4.78 is 54.4. The molecule has 3 aliphatic carbocycles. The van der Waals surface area contributed by atoms with Crippen LogP contribution >= 0.6 is 11.8 Å². The second kappa shape index (κ2) is 2.86. The number of rotatable bonds is 0. The fourth-order valence-corrected chi connectivity index (χ4v) is 6.10. The number of halogens is 4. The normalized spacial score (nSPS) is 52.5. The van der Waals surface area contributed by atoms with Crippen molar-refractivity contribution < 1.29 is 17.6 Å². The van der Waals surface area contributed by atoms with Crippen LogP contribution in [0.5, 0.6) is 0 Å². The number of hydrogen-bond acceptors (Lipinski definition) is 1. The lowest BCUT2D eigenvalue weighted by atomic mass is 9.75. The molecule has 4 rings (SSSR count). The number of fused-ring (bicyclic) bond motifs is 8. The summed E-state index contributed by atoms with van der Waals surface area (Å²) in [5.74, 6) is -4.92. The minimum atomic E-state index is -3.86. The first-order valence-corrected chi connectivity index (χ1v) is 6.95. The van der Waals surface area contributed by atoms with E-state index in [4.69, 9.17) is 0 Å². The van der Waals surface area contributed by atoms with Crippen molar-refractivity contribution >= 4 is 11.8 Å². The van der Waals surface area contributed by atoms with E-state index in [1.807, 2.05) is 0 Å². The second-order valence-corrected chi connectivity index (χ2v) is 6.93. The molecule has 2 bridgehead atoms. The molecule has 0 aromatic carbocycles. The Bertz CT molecular complexity index is 417. The van der Waals surface area contributed by atoms with E-state index in [0.29, 0.717) is 6.42 Å². The standard InChI is InChI=1S/C12H12F4S/c13-11(14)9-7-4-8(6-3-1-2-5(6)7)10(9)17-12(11,15)16/h3,5,7-10H,1-2,4H2/t5-,7-,8-,9+,10+/m0/s1. The number of hydrogen-bond donors (Lipinski definition) is 0. The number of alkyl halides is 4. The van der Waals surface area contributed by atoms with Gasteiger partial charge in [-0.1, -0.05) is 23.4 Å². The van der Waals surface area contributed by atoms with Crippen LogP contribution < -0.4 is 0 Å². The molecule has 5 heteroatoms. The molecule has 0 amide bonds. The molecule has 0 N–H and O–H groups in total. The van der Waals surface area contributed by atoms with E-state index in [0.717, 1.165) is 12.8 Å². The van der Waals surface area contributed by atoms with Gasteiger partial charge < -0.3 is 0 Å². The molecular formula is C12H12F4S. The number of thioether (sulfide) groups is 1. The van der Waals surface area contributed by atoms with Crippen molar-refractivity contribution in [1.82, 2.24) is 0 Å². The van der Waals surface area contributed by atoms with Crippen LogP contribution in [0.15, 0.2) is 11.6 Å². The summed E-state index contributed by atoms with van der Waals surface area (Å²) in [5, 5.41) is -4.41. The van der Waals surface area contributed by atoms with Crippen LogP contribution in [0.2, 0.25) is 0 Å². The topological polar surface area (TPSA) is 0 Å². The third kappa shape index (κ3) is 1.04. The summed E-state index contributed by atoms with van der Waals surface area (Å²) in [6, 6.07) is 0. The average Bonchev–Trinajstić information content (AvgIpc) is 2.85. The van der Waals surface area contributed by atoms with Crippen molar-refractivity contribution in [3.05, 3.63) is 11.6 Å². The van der Waals surface area contributed by atoms with Gasteiger partial charge in [0.1, 0.15) is 0 Å². The van der Waals surface area contributed by atoms with Crippen molar-refractivity contribution in [3.8, 4) is 0 Å². The molecule has 0 aromatic heterocycles. The maximum Gasteiger partial charge on any atom is 0.356 e. The molecule has 0 radical (unpaired) electrons. The molecule has 1 saturated heterocycles. The first-order chi connectivity index (χ1) is 7.93. The third-order valence-electron chi connectivity index (χ3n) is 5.06. The Hall–Kier alpha value is -0.190. The van der Waals surface area contributed by atoms with E-state index in [-0.39, 0.29) is 29.5 Å². The van der Waals surface area contributed by atoms with Gasteiger partial charge in [0, 0.05) is 11.2 Å². The van der Waals surface area contributed by atoms with Crippen LogP contribution in [0, 0.1) is 23.7 Å². The van der Waals surface area contributed by atoms with Gasteiger partial charge in [0.25, 0.3) is 0 Å². The van der Waals surface area contributed by atoms with Crippen molar-refractivity contribution in [1.29, 1.82) is 0 Å². The quantitative estimate of drug-likeness (QED) is 0.472. The largest absolute Gasteiger partial charge is 0.356 e. The minimum absolute atomic E-state index is 0.00162. The summed E-state index contributed by atoms with van der Waals surface area (Å²) in [6.07, 6.45) is 4.66. The van der Waals surface area contributed by atoms with Crippen LogP contribution in [0.1, 0.15) is 19.3 Å². The zero-order valence-electron chi connectivity index (χ0n) is 9.01. The highest BCUT2D eigenvalue weighted by Crippen LogP contribution is 2.73. The molecule has 4 aliphatic rings. The highest BCUT2D eigenvalue weighted by molar-refractivity contribution is 8.01. The Morgan fingerprint density at radius 3 is 2.71 bits per heavy atom. The third-order valence-corrected chi connectivity index (χ3v) is 6.52. The van der Waals surface area contributed by atoms with Crippen LogP contribution in [0.25, 0.3) is 0 Å². The highest BCUT2D eigenvalue weighted by Gasteiger charge is 2.77. The zero-order valence-corrected chi connectivity index (χ0v) is 9.82. The molecule has 5 atom stereocenters. The van der Waals surface area contributed by atoms with Crippen LogP contribution in [0.4, 0.5) is 17.6 Å². The van der Waals surface area contributed by atoms with E-state index < -0.39 is 22.3 Å². The smallest absolute Gasteiger partial charge is 0.198 e. The average molecular weight is 264 g/mol. The van der Waals surface area contributed by atoms with E-state index in [1.165, 1.54) is 5.57 Å². The highest BCUT2D eigenvalue weighted by atomic mass is 32.2. The van der Waals surface area contributed by atoms with Gasteiger partial charge in [0.2, 0.25) is 0 Å². The fourth-order valence-electron chi connectivity index (χ4n) is 4.52. The molecule has 0 nitrogen and oxygen atoms in total. The molecule has 0 unspecified atom stereocenters. The molecule has 2 saturated carbocycles. The first-order valence-electron chi connectivity index (χ1n) is 6.07. The van der Waals surface area contributed by atoms with Crippen molar-refractivity contribution in [3.63, 3.8) is 0 Å². The molecule has 0 spiro atoms. The maximum atomic E-state index is 13.8. The Balaban J connectivity index is 1.79. The minimum Gasteiger partial charge on any atom is -0.198 e. The van der Waals surface area contributed by atoms with E-state index >= 15 is 0 Å². The predicted octanol–water partition coefficient (Wildman–Crippen LogP) is 3.93. The van der Waals surface area contributed by atoms with E-state index in [9.17, 15) is 17.6 Å². The Morgan fingerprint density at radius 1 is 1.18 bits per heavy atom. The SMILES string of the molecule is FC1(F)S[C@H]2[C@@H]([C@H]3C[C@H]2C2=CCC[C@@H]23)C1(F)F. The lowest BCUT2D eigenvalue weighted by molar-refractivity contribution is -0.184. The van der Waals surface area contributed by atoms with Gasteiger partial charge in [-0.25, -0.2) is 0 Å². The van der Waals surface area contributed by atoms with Crippen molar-refractivity contribution in [2.24, 2.45) is 23.7 Å². The van der Waals surface area contributed by atoms with Gasteiger partial charge >= 0.3 is 11.2 Å². The fraction of sp³-hybridized carbons (Fsp3) is 0.833. The summed E-state index contributed by atoms with van der Waals surface area (Å²) >= 11 is 0.233. The first kappa shape index (κ1) is 10.7. The Labute approximate surface area is 101 Å². The van der Waals surface area contributed by atoms with Crippen molar-refractivity contribution in [2.75, 3.05) is 0 Å². The van der Waals surface area contributed by atoms with Crippen LogP contribution in [0.3, 0.4) is 0 Å². The summed E-state index contributed by atoms with van der Waals surface area (Å²) in [6.45, 7) is 0. The van der Waals surface area contributed by atoms with Crippen LogP contribution in [-0.2, 0) is 0 Å². The lowest BCUT2D eigenvalue weighted by Gasteiger charge is -2.33. The monoisotopic (exact) mass is 264 g/mol. The van der Waals surface area contributed by atoms with Gasteiger partial charge in [-0.2, -0.15) is 17.6 Å². The summed E-state index contributed by atoms with van der Waals surface area (Å²) in [5.41, 5.74) is 1.22. The zero-order chi connectivity index (χ0) is 12.0. The molecule has 3 fully saturated rings. The van der Waals surface area contributed by atoms with Gasteiger partial charge in [0.05, 0.1) is 0 Å². The summed E-state index contributed by atoms with van der Waals surface area (Å²) in [4.78, 5) is 0. The molecule has 1 heterocycles. The van der Waals surface area contributed by atoms with Gasteiger partial charge in [0.15, 0.2) is 0 Å². The molecule has 94 valence electrons. The van der Waals surface area contributed by atoms with Crippen molar-refractivity contribution in [2.45, 2.75) is 35.7 Å². The molecule has 1 aliphatic heterocycles. The molecular weight excluding hydrogens is 252 g/mol. The molecule has 0 aromatic rings. The summed E-state index contributed by atoms with van der Waals surface area (Å²) in [7, 11) is 0. The second-order valence-electron chi connectivity index (χ2n) is 5.64. The number of allylic oxidation sites excluding steroid dienone is 2. The molecule has 17 heavy (non-hydrogen) atoms. The Morgan fingerprint density at radius 2 is 1.94 bits per heavy atom. The van der Waals surface area contributed by atoms with E-state index in [2.05, 4.69) is 6.08 Å². The van der Waals surface area contributed by atoms with Crippen LogP contribution in [-0.4, -0.2) is 16.4 Å². The predicted molar refractivity (Wildman–Crippen MR) is 57.2 cm³/mol. The maximum absolute atomic E-state index is 13.8. The lowest BCUT2D eigenvalue weighted by Crippen LogP contribution is -2.43. The van der Waals surface area contributed by atoms with Gasteiger partial charge in [-0.05, 0) is 37.0 Å². The van der Waals surface area contributed by atoms with Gasteiger partial charge in [-0.3, -0.25) is 0 Å².